The van der Waals surface area contributed by atoms with E-state index in [1.54, 1.807) is 7.11 Å². The van der Waals surface area contributed by atoms with Crippen LogP contribution in [0.5, 0.6) is 0 Å². The maximum absolute atomic E-state index is 5.06. The summed E-state index contributed by atoms with van der Waals surface area (Å²) < 4.78 is 5.06. The second-order valence-corrected chi connectivity index (χ2v) is 3.49. The first kappa shape index (κ1) is 9.53. The van der Waals surface area contributed by atoms with Crippen LogP contribution in [0.1, 0.15) is 26.2 Å². The summed E-state index contributed by atoms with van der Waals surface area (Å²) in [5, 5.41) is 0. The summed E-state index contributed by atoms with van der Waals surface area (Å²) in [7, 11) is 1.75. The van der Waals surface area contributed by atoms with E-state index in [0.717, 1.165) is 12.5 Å². The second-order valence-electron chi connectivity index (χ2n) is 3.49. The van der Waals surface area contributed by atoms with Gasteiger partial charge in [0.25, 0.3) is 0 Å². The van der Waals surface area contributed by atoms with Gasteiger partial charge in [0.05, 0.1) is 6.61 Å². The molecule has 0 amide bonds. The van der Waals surface area contributed by atoms with Gasteiger partial charge in [0.2, 0.25) is 0 Å². The number of allylic oxidation sites excluding steroid dienone is 3. The van der Waals surface area contributed by atoms with E-state index in [9.17, 15) is 0 Å². The highest BCUT2D eigenvalue weighted by Crippen LogP contribution is 2.20. The topological polar surface area (TPSA) is 9.23 Å². The molecule has 0 heterocycles. The highest BCUT2D eigenvalue weighted by molar-refractivity contribution is 5.05. The molecule has 12 heavy (non-hydrogen) atoms. The lowest BCUT2D eigenvalue weighted by molar-refractivity contribution is 0.225. The summed E-state index contributed by atoms with van der Waals surface area (Å²) in [5.41, 5.74) is 1.36. The molecule has 0 aromatic rings. The highest BCUT2D eigenvalue weighted by Gasteiger charge is 2.06. The van der Waals surface area contributed by atoms with Crippen molar-refractivity contribution >= 4 is 0 Å². The van der Waals surface area contributed by atoms with Gasteiger partial charge in [0.15, 0.2) is 0 Å². The van der Waals surface area contributed by atoms with Crippen molar-refractivity contribution < 1.29 is 4.74 Å². The van der Waals surface area contributed by atoms with Crippen molar-refractivity contribution in [3.05, 3.63) is 23.8 Å². The van der Waals surface area contributed by atoms with E-state index >= 15 is 0 Å². The SMILES string of the molecule is COC/C(C)=C/C1CC=CCC1. The average Bonchev–Trinajstić information content (AvgIpc) is 2.06. The van der Waals surface area contributed by atoms with E-state index in [-0.39, 0.29) is 0 Å². The normalized spacial score (nSPS) is 24.5. The van der Waals surface area contributed by atoms with Crippen molar-refractivity contribution in [3.63, 3.8) is 0 Å². The molecule has 0 saturated carbocycles. The van der Waals surface area contributed by atoms with Crippen LogP contribution in [0.4, 0.5) is 0 Å². The van der Waals surface area contributed by atoms with E-state index in [1.165, 1.54) is 24.8 Å². The van der Waals surface area contributed by atoms with Crippen LogP contribution >= 0.6 is 0 Å². The molecule has 0 aromatic heterocycles. The number of ether oxygens (including phenoxy) is 1. The van der Waals surface area contributed by atoms with Crippen LogP contribution < -0.4 is 0 Å². The fraction of sp³-hybridized carbons (Fsp3) is 0.636. The summed E-state index contributed by atoms with van der Waals surface area (Å²) in [6.07, 6.45) is 10.7. The molecule has 0 aliphatic heterocycles. The molecule has 0 radical (unpaired) electrons. The van der Waals surface area contributed by atoms with E-state index < -0.39 is 0 Å². The van der Waals surface area contributed by atoms with Crippen molar-refractivity contribution in [2.45, 2.75) is 26.2 Å². The predicted molar refractivity (Wildman–Crippen MR) is 52.1 cm³/mol. The van der Waals surface area contributed by atoms with Crippen LogP contribution in [0.15, 0.2) is 23.8 Å². The lowest BCUT2D eigenvalue weighted by atomic mass is 9.93. The van der Waals surface area contributed by atoms with Gasteiger partial charge in [0, 0.05) is 7.11 Å². The zero-order valence-corrected chi connectivity index (χ0v) is 8.05. The fourth-order valence-corrected chi connectivity index (χ4v) is 1.65. The van der Waals surface area contributed by atoms with Gasteiger partial charge in [-0.3, -0.25) is 0 Å². The van der Waals surface area contributed by atoms with Crippen molar-refractivity contribution in [2.24, 2.45) is 5.92 Å². The molecule has 0 spiro atoms. The van der Waals surface area contributed by atoms with Crippen LogP contribution in [-0.4, -0.2) is 13.7 Å². The van der Waals surface area contributed by atoms with Gasteiger partial charge in [-0.05, 0) is 32.1 Å². The van der Waals surface area contributed by atoms with E-state index in [0.29, 0.717) is 0 Å². The molecule has 1 aliphatic carbocycles. The van der Waals surface area contributed by atoms with Gasteiger partial charge in [-0.15, -0.1) is 0 Å². The van der Waals surface area contributed by atoms with Crippen LogP contribution in [0.3, 0.4) is 0 Å². The third-order valence-corrected chi connectivity index (χ3v) is 2.20. The molecule has 68 valence electrons. The summed E-state index contributed by atoms with van der Waals surface area (Å²) >= 11 is 0. The smallest absolute Gasteiger partial charge is 0.0670 e. The van der Waals surface area contributed by atoms with E-state index in [1.807, 2.05) is 0 Å². The Morgan fingerprint density at radius 3 is 3.00 bits per heavy atom. The predicted octanol–water partition coefficient (Wildman–Crippen LogP) is 2.94. The lowest BCUT2D eigenvalue weighted by Gasteiger charge is -2.14. The van der Waals surface area contributed by atoms with Gasteiger partial charge in [-0.1, -0.05) is 23.8 Å². The summed E-state index contributed by atoms with van der Waals surface area (Å²) in [6.45, 7) is 2.92. The second kappa shape index (κ2) is 5.15. The minimum atomic E-state index is 0.755. The van der Waals surface area contributed by atoms with Crippen molar-refractivity contribution in [2.75, 3.05) is 13.7 Å². The Bertz CT molecular complexity index is 179. The molecule has 0 N–H and O–H groups in total. The molecular formula is C11H18O. The van der Waals surface area contributed by atoms with Crippen molar-refractivity contribution in [1.29, 1.82) is 0 Å². The first-order chi connectivity index (χ1) is 5.83. The first-order valence-electron chi connectivity index (χ1n) is 4.64. The molecule has 1 rings (SSSR count). The Labute approximate surface area is 75.1 Å². The monoisotopic (exact) mass is 166 g/mol. The Balaban J connectivity index is 2.37. The molecule has 1 unspecified atom stereocenters. The summed E-state index contributed by atoms with van der Waals surface area (Å²) in [5.74, 6) is 0.755. The third kappa shape index (κ3) is 3.22. The molecule has 1 atom stereocenters. The molecule has 0 fully saturated rings. The maximum Gasteiger partial charge on any atom is 0.0670 e. The van der Waals surface area contributed by atoms with Gasteiger partial charge in [-0.2, -0.15) is 0 Å². The minimum Gasteiger partial charge on any atom is -0.380 e. The number of methoxy groups -OCH3 is 1. The molecular weight excluding hydrogens is 148 g/mol. The fourth-order valence-electron chi connectivity index (χ4n) is 1.65. The van der Waals surface area contributed by atoms with Gasteiger partial charge >= 0.3 is 0 Å². The third-order valence-electron chi connectivity index (χ3n) is 2.20. The molecule has 1 aliphatic rings. The van der Waals surface area contributed by atoms with E-state index in [4.69, 9.17) is 4.74 Å². The molecule has 0 bridgehead atoms. The number of hydrogen-bond donors (Lipinski definition) is 0. The first-order valence-corrected chi connectivity index (χ1v) is 4.64. The Morgan fingerprint density at radius 2 is 2.42 bits per heavy atom. The number of rotatable bonds is 3. The maximum atomic E-state index is 5.06. The van der Waals surface area contributed by atoms with Crippen molar-refractivity contribution in [1.82, 2.24) is 0 Å². The Kier molecular flexibility index (Phi) is 4.09. The summed E-state index contributed by atoms with van der Waals surface area (Å²) in [6, 6.07) is 0. The Morgan fingerprint density at radius 1 is 1.58 bits per heavy atom. The Hall–Kier alpha value is -0.560. The zero-order valence-electron chi connectivity index (χ0n) is 8.05. The molecule has 0 saturated heterocycles. The van der Waals surface area contributed by atoms with Gasteiger partial charge in [-0.25, -0.2) is 0 Å². The van der Waals surface area contributed by atoms with Crippen LogP contribution in [-0.2, 0) is 4.74 Å². The number of hydrogen-bond acceptors (Lipinski definition) is 1. The van der Waals surface area contributed by atoms with Gasteiger partial charge in [0.1, 0.15) is 0 Å². The van der Waals surface area contributed by atoms with Crippen LogP contribution in [0, 0.1) is 5.92 Å². The largest absolute Gasteiger partial charge is 0.380 e. The molecule has 0 aromatic carbocycles. The highest BCUT2D eigenvalue weighted by atomic mass is 16.5. The van der Waals surface area contributed by atoms with Crippen LogP contribution in [0.25, 0.3) is 0 Å². The summed E-state index contributed by atoms with van der Waals surface area (Å²) in [4.78, 5) is 0. The molecule has 1 nitrogen and oxygen atoms in total. The molecule has 1 heteroatoms. The van der Waals surface area contributed by atoms with Crippen LogP contribution in [0.2, 0.25) is 0 Å². The van der Waals surface area contributed by atoms with Crippen molar-refractivity contribution in [3.8, 4) is 0 Å². The standard InChI is InChI=1S/C11H18O/c1-10(9-12-2)8-11-6-4-3-5-7-11/h3-4,8,11H,5-7,9H2,1-2H3/b10-8+. The van der Waals surface area contributed by atoms with Gasteiger partial charge < -0.3 is 4.74 Å². The quantitative estimate of drug-likeness (QED) is 0.586. The van der Waals surface area contributed by atoms with E-state index in [2.05, 4.69) is 25.2 Å². The average molecular weight is 166 g/mol. The minimum absolute atomic E-state index is 0.755. The lowest BCUT2D eigenvalue weighted by Crippen LogP contribution is -2.01. The zero-order chi connectivity index (χ0) is 8.81.